The van der Waals surface area contributed by atoms with Gasteiger partial charge in [0, 0.05) is 37.4 Å². The quantitative estimate of drug-likeness (QED) is 0.789. The average molecular weight is 307 g/mol. The lowest BCUT2D eigenvalue weighted by Crippen LogP contribution is -2.39. The predicted molar refractivity (Wildman–Crippen MR) is 86.7 cm³/mol. The SMILES string of the molecule is Cc1nc(NC2CCC(NC(=O)O)CC2)nc(N(C)C)c1C. The molecular weight excluding hydrogens is 282 g/mol. The van der Waals surface area contributed by atoms with Crippen molar-refractivity contribution in [2.75, 3.05) is 24.3 Å². The lowest BCUT2D eigenvalue weighted by molar-refractivity contribution is 0.185. The van der Waals surface area contributed by atoms with E-state index in [9.17, 15) is 4.79 Å². The molecule has 1 saturated carbocycles. The van der Waals surface area contributed by atoms with E-state index in [-0.39, 0.29) is 6.04 Å². The molecule has 2 rings (SSSR count). The summed E-state index contributed by atoms with van der Waals surface area (Å²) in [5, 5.41) is 14.7. The van der Waals surface area contributed by atoms with Crippen LogP contribution in [-0.2, 0) is 0 Å². The van der Waals surface area contributed by atoms with Gasteiger partial charge < -0.3 is 20.6 Å². The minimum absolute atomic E-state index is 0.0635. The van der Waals surface area contributed by atoms with Gasteiger partial charge >= 0.3 is 6.09 Å². The van der Waals surface area contributed by atoms with Crippen LogP contribution in [0, 0.1) is 13.8 Å². The normalized spacial score (nSPS) is 21.3. The minimum Gasteiger partial charge on any atom is -0.465 e. The maximum Gasteiger partial charge on any atom is 0.404 e. The van der Waals surface area contributed by atoms with E-state index in [1.807, 2.05) is 32.8 Å². The monoisotopic (exact) mass is 307 g/mol. The molecule has 1 fully saturated rings. The number of hydrogen-bond acceptors (Lipinski definition) is 5. The van der Waals surface area contributed by atoms with E-state index >= 15 is 0 Å². The Morgan fingerprint density at radius 3 is 2.27 bits per heavy atom. The molecule has 1 aromatic heterocycles. The van der Waals surface area contributed by atoms with Crippen molar-refractivity contribution in [3.8, 4) is 0 Å². The zero-order valence-electron chi connectivity index (χ0n) is 13.7. The van der Waals surface area contributed by atoms with Crippen molar-refractivity contribution in [2.45, 2.75) is 51.6 Å². The summed E-state index contributed by atoms with van der Waals surface area (Å²) in [7, 11) is 3.95. The number of amides is 1. The molecule has 1 heterocycles. The third kappa shape index (κ3) is 3.99. The fraction of sp³-hybridized carbons (Fsp3) is 0.667. The molecule has 0 unspecified atom stereocenters. The van der Waals surface area contributed by atoms with E-state index in [0.29, 0.717) is 12.0 Å². The predicted octanol–water partition coefficient (Wildman–Crippen LogP) is 2.15. The molecular formula is C15H25N5O2. The van der Waals surface area contributed by atoms with E-state index < -0.39 is 6.09 Å². The molecule has 0 aliphatic heterocycles. The number of anilines is 2. The Morgan fingerprint density at radius 1 is 1.14 bits per heavy atom. The standard InChI is InChI=1S/C15H25N5O2/c1-9-10(2)16-14(19-13(9)20(3)4)17-11-5-7-12(8-6-11)18-15(21)22/h11-12,18H,5-8H2,1-4H3,(H,21,22)(H,16,17,19). The lowest BCUT2D eigenvalue weighted by Gasteiger charge is -2.29. The molecule has 1 aliphatic rings. The molecule has 1 aliphatic carbocycles. The highest BCUT2D eigenvalue weighted by Gasteiger charge is 2.23. The maximum absolute atomic E-state index is 10.7. The van der Waals surface area contributed by atoms with Crippen molar-refractivity contribution >= 4 is 17.9 Å². The van der Waals surface area contributed by atoms with Crippen molar-refractivity contribution in [2.24, 2.45) is 0 Å². The van der Waals surface area contributed by atoms with Gasteiger partial charge in [-0.2, -0.15) is 4.98 Å². The van der Waals surface area contributed by atoms with Crippen LogP contribution in [0.2, 0.25) is 0 Å². The van der Waals surface area contributed by atoms with Gasteiger partial charge in [0.15, 0.2) is 0 Å². The van der Waals surface area contributed by atoms with Crippen molar-refractivity contribution in [3.05, 3.63) is 11.3 Å². The molecule has 1 amide bonds. The Kier molecular flexibility index (Phi) is 5.05. The van der Waals surface area contributed by atoms with Crippen LogP contribution in [0.4, 0.5) is 16.6 Å². The van der Waals surface area contributed by atoms with Crippen molar-refractivity contribution in [1.29, 1.82) is 0 Å². The third-order valence-electron chi connectivity index (χ3n) is 4.18. The number of carbonyl (C=O) groups is 1. The fourth-order valence-corrected chi connectivity index (χ4v) is 2.85. The van der Waals surface area contributed by atoms with Crippen LogP contribution in [0.1, 0.15) is 36.9 Å². The van der Waals surface area contributed by atoms with Gasteiger partial charge in [0.05, 0.1) is 0 Å². The molecule has 7 heteroatoms. The van der Waals surface area contributed by atoms with Crippen LogP contribution in [0.3, 0.4) is 0 Å². The molecule has 3 N–H and O–H groups in total. The first-order valence-electron chi connectivity index (χ1n) is 7.65. The summed E-state index contributed by atoms with van der Waals surface area (Å²) in [4.78, 5) is 21.8. The van der Waals surface area contributed by atoms with E-state index in [0.717, 1.165) is 42.8 Å². The Labute approximate surface area is 131 Å². The zero-order chi connectivity index (χ0) is 16.3. The molecule has 7 nitrogen and oxygen atoms in total. The summed E-state index contributed by atoms with van der Waals surface area (Å²) in [6.07, 6.45) is 2.58. The van der Waals surface area contributed by atoms with Gasteiger partial charge in [-0.25, -0.2) is 9.78 Å². The number of aryl methyl sites for hydroxylation is 1. The lowest BCUT2D eigenvalue weighted by atomic mass is 9.91. The van der Waals surface area contributed by atoms with Crippen molar-refractivity contribution in [3.63, 3.8) is 0 Å². The molecule has 1 aromatic rings. The van der Waals surface area contributed by atoms with Crippen LogP contribution in [-0.4, -0.2) is 47.3 Å². The Morgan fingerprint density at radius 2 is 1.73 bits per heavy atom. The van der Waals surface area contributed by atoms with E-state index in [4.69, 9.17) is 5.11 Å². The number of nitrogens with one attached hydrogen (secondary N) is 2. The van der Waals surface area contributed by atoms with Crippen LogP contribution in [0.25, 0.3) is 0 Å². The summed E-state index contributed by atoms with van der Waals surface area (Å²) in [5.74, 6) is 1.58. The van der Waals surface area contributed by atoms with Gasteiger partial charge in [0.2, 0.25) is 5.95 Å². The summed E-state index contributed by atoms with van der Waals surface area (Å²) in [6, 6.07) is 0.359. The van der Waals surface area contributed by atoms with E-state index in [1.165, 1.54) is 0 Å². The minimum atomic E-state index is -0.940. The van der Waals surface area contributed by atoms with Gasteiger partial charge in [0.25, 0.3) is 0 Å². The number of hydrogen-bond donors (Lipinski definition) is 3. The van der Waals surface area contributed by atoms with Crippen LogP contribution >= 0.6 is 0 Å². The molecule has 22 heavy (non-hydrogen) atoms. The van der Waals surface area contributed by atoms with Crippen LogP contribution in [0.5, 0.6) is 0 Å². The highest BCUT2D eigenvalue weighted by molar-refractivity contribution is 5.64. The molecule has 122 valence electrons. The topological polar surface area (TPSA) is 90.4 Å². The smallest absolute Gasteiger partial charge is 0.404 e. The third-order valence-corrected chi connectivity index (χ3v) is 4.18. The van der Waals surface area contributed by atoms with Gasteiger partial charge in [-0.3, -0.25) is 0 Å². The highest BCUT2D eigenvalue weighted by Crippen LogP contribution is 2.24. The second kappa shape index (κ2) is 6.81. The molecule has 0 aromatic carbocycles. The van der Waals surface area contributed by atoms with Crippen LogP contribution < -0.4 is 15.5 Å². The molecule has 0 atom stereocenters. The molecule has 0 radical (unpaired) electrons. The van der Waals surface area contributed by atoms with E-state index in [1.54, 1.807) is 0 Å². The number of aromatic nitrogens is 2. The summed E-state index contributed by atoms with van der Waals surface area (Å²) < 4.78 is 0. The fourth-order valence-electron chi connectivity index (χ4n) is 2.85. The first kappa shape index (κ1) is 16.3. The Bertz CT molecular complexity index is 539. The second-order valence-electron chi connectivity index (χ2n) is 6.12. The summed E-state index contributed by atoms with van der Waals surface area (Å²) in [6.45, 7) is 4.01. The molecule has 0 bridgehead atoms. The van der Waals surface area contributed by atoms with Gasteiger partial charge in [-0.05, 0) is 39.5 Å². The van der Waals surface area contributed by atoms with Gasteiger partial charge in [-0.15, -0.1) is 0 Å². The van der Waals surface area contributed by atoms with Crippen LogP contribution in [0.15, 0.2) is 0 Å². The first-order valence-corrected chi connectivity index (χ1v) is 7.65. The Balaban J connectivity index is 1.99. The van der Waals surface area contributed by atoms with Gasteiger partial charge in [-0.1, -0.05) is 0 Å². The molecule has 0 spiro atoms. The maximum atomic E-state index is 10.7. The average Bonchev–Trinajstić information content (AvgIpc) is 2.44. The summed E-state index contributed by atoms with van der Waals surface area (Å²) in [5.41, 5.74) is 2.06. The second-order valence-corrected chi connectivity index (χ2v) is 6.12. The Hall–Kier alpha value is -2.05. The first-order chi connectivity index (χ1) is 10.4. The highest BCUT2D eigenvalue weighted by atomic mass is 16.4. The number of nitrogens with zero attached hydrogens (tertiary/aromatic N) is 3. The number of rotatable bonds is 4. The number of carboxylic acid groups (broad SMARTS) is 1. The van der Waals surface area contributed by atoms with Gasteiger partial charge in [0.1, 0.15) is 5.82 Å². The largest absolute Gasteiger partial charge is 0.465 e. The van der Waals surface area contributed by atoms with E-state index in [2.05, 4.69) is 20.6 Å². The van der Waals surface area contributed by atoms with Crippen molar-refractivity contribution in [1.82, 2.24) is 15.3 Å². The van der Waals surface area contributed by atoms with Crippen molar-refractivity contribution < 1.29 is 9.90 Å². The summed E-state index contributed by atoms with van der Waals surface area (Å²) >= 11 is 0. The zero-order valence-corrected chi connectivity index (χ0v) is 13.7. The molecule has 0 saturated heterocycles.